The topological polar surface area (TPSA) is 38.5 Å². The first-order valence-electron chi connectivity index (χ1n) is 6.16. The second-order valence-electron chi connectivity index (χ2n) is 4.53. The summed E-state index contributed by atoms with van der Waals surface area (Å²) in [6.45, 7) is 7.12. The molecule has 1 heterocycles. The lowest BCUT2D eigenvalue weighted by atomic mass is 10.2. The number of nitrogens with two attached hydrogens (primary N) is 1. The van der Waals surface area contributed by atoms with E-state index in [1.165, 1.54) is 4.88 Å². The number of hydrogen-bond donors (Lipinski definition) is 1. The van der Waals surface area contributed by atoms with Crippen molar-refractivity contribution in [2.75, 3.05) is 20.2 Å². The monoisotopic (exact) mass is 256 g/mol. The van der Waals surface area contributed by atoms with Gasteiger partial charge in [0.05, 0.1) is 6.10 Å². The van der Waals surface area contributed by atoms with Crippen LogP contribution < -0.4 is 5.73 Å². The lowest BCUT2D eigenvalue weighted by molar-refractivity contribution is 0.0830. The zero-order valence-corrected chi connectivity index (χ0v) is 11.9. The van der Waals surface area contributed by atoms with Crippen molar-refractivity contribution in [3.8, 4) is 0 Å². The van der Waals surface area contributed by atoms with Gasteiger partial charge in [0.1, 0.15) is 0 Å². The Morgan fingerprint density at radius 2 is 2.24 bits per heavy atom. The van der Waals surface area contributed by atoms with Gasteiger partial charge in [0, 0.05) is 37.7 Å². The van der Waals surface area contributed by atoms with E-state index in [-0.39, 0.29) is 6.10 Å². The lowest BCUT2D eigenvalue weighted by Crippen LogP contribution is -2.34. The fourth-order valence-corrected chi connectivity index (χ4v) is 2.49. The standard InChI is InChI=1S/C13H24N2OS/c1-11(2)15(7-6-12(9-14)16-3)10-13-5-4-8-17-13/h4-5,8,11-12H,6-7,9-10,14H2,1-3H3. The minimum absolute atomic E-state index is 0.180. The lowest BCUT2D eigenvalue weighted by Gasteiger charge is -2.27. The molecule has 0 spiro atoms. The Labute approximate surface area is 109 Å². The molecule has 0 aliphatic heterocycles. The van der Waals surface area contributed by atoms with Crippen LogP contribution in [0.25, 0.3) is 0 Å². The summed E-state index contributed by atoms with van der Waals surface area (Å²) in [5.41, 5.74) is 5.64. The molecule has 1 unspecified atom stereocenters. The molecule has 1 rings (SSSR count). The molecule has 3 nitrogen and oxygen atoms in total. The Kier molecular flexibility index (Phi) is 6.73. The SMILES string of the molecule is COC(CN)CCN(Cc1cccs1)C(C)C. The van der Waals surface area contributed by atoms with Crippen molar-refractivity contribution in [2.24, 2.45) is 5.73 Å². The predicted octanol–water partition coefficient (Wildman–Crippen LogP) is 2.32. The van der Waals surface area contributed by atoms with Crippen LogP contribution in [0.2, 0.25) is 0 Å². The van der Waals surface area contributed by atoms with E-state index >= 15 is 0 Å². The Bertz CT molecular complexity index is 284. The number of methoxy groups -OCH3 is 1. The molecule has 0 aliphatic rings. The number of ether oxygens (including phenoxy) is 1. The zero-order valence-electron chi connectivity index (χ0n) is 11.1. The number of thiophene rings is 1. The largest absolute Gasteiger partial charge is 0.380 e. The van der Waals surface area contributed by atoms with E-state index in [1.54, 1.807) is 7.11 Å². The van der Waals surface area contributed by atoms with Gasteiger partial charge >= 0.3 is 0 Å². The Morgan fingerprint density at radius 1 is 1.47 bits per heavy atom. The van der Waals surface area contributed by atoms with Crippen LogP contribution in [0, 0.1) is 0 Å². The van der Waals surface area contributed by atoms with Gasteiger partial charge in [-0.2, -0.15) is 0 Å². The second-order valence-corrected chi connectivity index (χ2v) is 5.56. The van der Waals surface area contributed by atoms with Gasteiger partial charge in [0.2, 0.25) is 0 Å². The van der Waals surface area contributed by atoms with Gasteiger partial charge in [-0.15, -0.1) is 11.3 Å². The number of nitrogens with zero attached hydrogens (tertiary/aromatic N) is 1. The molecule has 0 radical (unpaired) electrons. The predicted molar refractivity (Wildman–Crippen MR) is 74.3 cm³/mol. The molecule has 2 N–H and O–H groups in total. The van der Waals surface area contributed by atoms with Crippen molar-refractivity contribution in [3.05, 3.63) is 22.4 Å². The van der Waals surface area contributed by atoms with Crippen LogP contribution in [0.1, 0.15) is 25.1 Å². The molecule has 0 aliphatic carbocycles. The first kappa shape index (κ1) is 14.6. The molecule has 0 amide bonds. The van der Waals surface area contributed by atoms with Gasteiger partial charge in [0.25, 0.3) is 0 Å². The zero-order chi connectivity index (χ0) is 12.7. The van der Waals surface area contributed by atoms with Crippen molar-refractivity contribution >= 4 is 11.3 Å². The first-order chi connectivity index (χ1) is 8.17. The van der Waals surface area contributed by atoms with Crippen molar-refractivity contribution in [1.82, 2.24) is 4.90 Å². The molecular weight excluding hydrogens is 232 g/mol. The summed E-state index contributed by atoms with van der Waals surface area (Å²) < 4.78 is 5.32. The Morgan fingerprint density at radius 3 is 2.71 bits per heavy atom. The maximum Gasteiger partial charge on any atom is 0.0705 e. The van der Waals surface area contributed by atoms with Gasteiger partial charge in [-0.3, -0.25) is 4.90 Å². The van der Waals surface area contributed by atoms with E-state index in [2.05, 4.69) is 36.3 Å². The number of hydrogen-bond acceptors (Lipinski definition) is 4. The fraction of sp³-hybridized carbons (Fsp3) is 0.692. The van der Waals surface area contributed by atoms with E-state index in [4.69, 9.17) is 10.5 Å². The van der Waals surface area contributed by atoms with E-state index in [0.717, 1.165) is 19.5 Å². The van der Waals surface area contributed by atoms with Crippen LogP contribution in [0.5, 0.6) is 0 Å². The van der Waals surface area contributed by atoms with Gasteiger partial charge in [-0.25, -0.2) is 0 Å². The summed E-state index contributed by atoms with van der Waals surface area (Å²) >= 11 is 1.82. The number of rotatable bonds is 8. The highest BCUT2D eigenvalue weighted by atomic mass is 32.1. The average Bonchev–Trinajstić information content (AvgIpc) is 2.81. The molecule has 0 saturated heterocycles. The van der Waals surface area contributed by atoms with Crippen molar-refractivity contribution in [2.45, 2.75) is 39.0 Å². The second kappa shape index (κ2) is 7.82. The summed E-state index contributed by atoms with van der Waals surface area (Å²) in [6.07, 6.45) is 1.18. The smallest absolute Gasteiger partial charge is 0.0705 e. The van der Waals surface area contributed by atoms with Crippen LogP contribution >= 0.6 is 11.3 Å². The molecular formula is C13H24N2OS. The highest BCUT2D eigenvalue weighted by Crippen LogP contribution is 2.14. The summed E-state index contributed by atoms with van der Waals surface area (Å²) in [6, 6.07) is 4.85. The molecule has 1 aromatic heterocycles. The minimum Gasteiger partial charge on any atom is -0.380 e. The molecule has 1 aromatic rings. The van der Waals surface area contributed by atoms with Gasteiger partial charge in [-0.05, 0) is 31.7 Å². The molecule has 98 valence electrons. The summed E-state index contributed by atoms with van der Waals surface area (Å²) in [5.74, 6) is 0. The van der Waals surface area contributed by atoms with Gasteiger partial charge < -0.3 is 10.5 Å². The molecule has 0 fully saturated rings. The summed E-state index contributed by atoms with van der Waals surface area (Å²) in [4.78, 5) is 3.88. The van der Waals surface area contributed by atoms with Crippen LogP contribution in [0.4, 0.5) is 0 Å². The summed E-state index contributed by atoms with van der Waals surface area (Å²) in [5, 5.41) is 2.13. The third-order valence-corrected chi connectivity index (χ3v) is 3.86. The van der Waals surface area contributed by atoms with Crippen LogP contribution in [-0.4, -0.2) is 37.2 Å². The fourth-order valence-electron chi connectivity index (χ4n) is 1.76. The first-order valence-corrected chi connectivity index (χ1v) is 7.04. The van der Waals surface area contributed by atoms with E-state index < -0.39 is 0 Å². The molecule has 0 aromatic carbocycles. The van der Waals surface area contributed by atoms with Crippen LogP contribution in [0.15, 0.2) is 17.5 Å². The van der Waals surface area contributed by atoms with Gasteiger partial charge in [0.15, 0.2) is 0 Å². The van der Waals surface area contributed by atoms with Crippen molar-refractivity contribution in [1.29, 1.82) is 0 Å². The normalized spacial score (nSPS) is 13.5. The third kappa shape index (κ3) is 5.17. The van der Waals surface area contributed by atoms with Crippen LogP contribution in [-0.2, 0) is 11.3 Å². The molecule has 0 saturated carbocycles. The average molecular weight is 256 g/mol. The molecule has 4 heteroatoms. The Balaban J connectivity index is 2.43. The van der Waals surface area contributed by atoms with Crippen molar-refractivity contribution in [3.63, 3.8) is 0 Å². The Hall–Kier alpha value is -0.420. The molecule has 17 heavy (non-hydrogen) atoms. The highest BCUT2D eigenvalue weighted by molar-refractivity contribution is 7.09. The highest BCUT2D eigenvalue weighted by Gasteiger charge is 2.13. The molecule has 1 atom stereocenters. The minimum atomic E-state index is 0.180. The molecule has 0 bridgehead atoms. The van der Waals surface area contributed by atoms with E-state index in [0.29, 0.717) is 12.6 Å². The van der Waals surface area contributed by atoms with Crippen LogP contribution in [0.3, 0.4) is 0 Å². The third-order valence-electron chi connectivity index (χ3n) is 3.00. The summed E-state index contributed by atoms with van der Waals surface area (Å²) in [7, 11) is 1.73. The maximum atomic E-state index is 5.64. The van der Waals surface area contributed by atoms with Crippen molar-refractivity contribution < 1.29 is 4.74 Å². The quantitative estimate of drug-likeness (QED) is 0.776. The maximum absolute atomic E-state index is 5.64. The van der Waals surface area contributed by atoms with Gasteiger partial charge in [-0.1, -0.05) is 6.07 Å². The van der Waals surface area contributed by atoms with E-state index in [9.17, 15) is 0 Å². The van der Waals surface area contributed by atoms with E-state index in [1.807, 2.05) is 11.3 Å².